The first-order valence-electron chi connectivity index (χ1n) is 8.35. The lowest BCUT2D eigenvalue weighted by Gasteiger charge is -2.10. The van der Waals surface area contributed by atoms with Crippen LogP contribution in [0.3, 0.4) is 0 Å². The molecule has 0 saturated carbocycles. The highest BCUT2D eigenvalue weighted by molar-refractivity contribution is 6.01. The number of carbonyl (C=O) groups excluding carboxylic acids is 1. The summed E-state index contributed by atoms with van der Waals surface area (Å²) in [7, 11) is 0. The van der Waals surface area contributed by atoms with Crippen molar-refractivity contribution in [3.63, 3.8) is 0 Å². The number of halogens is 1. The van der Waals surface area contributed by atoms with Crippen LogP contribution in [0.1, 0.15) is 21.6 Å². The Kier molecular flexibility index (Phi) is 4.12. The number of pyridine rings is 1. The number of rotatable bonds is 3. The van der Waals surface area contributed by atoms with Crippen LogP contribution in [0, 0.1) is 19.7 Å². The van der Waals surface area contributed by atoms with Gasteiger partial charge in [0.05, 0.1) is 23.0 Å². The number of aromatic nitrogens is 4. The summed E-state index contributed by atoms with van der Waals surface area (Å²) < 4.78 is 15.0. The minimum atomic E-state index is -0.362. The van der Waals surface area contributed by atoms with Gasteiger partial charge >= 0.3 is 0 Å². The van der Waals surface area contributed by atoms with E-state index in [0.29, 0.717) is 22.6 Å². The lowest BCUT2D eigenvalue weighted by Crippen LogP contribution is -2.23. The van der Waals surface area contributed by atoms with Crippen LogP contribution in [-0.4, -0.2) is 25.5 Å². The number of nitrogens with zero attached hydrogens (tertiary/aromatic N) is 4. The number of amides is 1. The lowest BCUT2D eigenvalue weighted by atomic mass is 10.2. The largest absolute Gasteiger partial charge is 0.273 e. The van der Waals surface area contributed by atoms with E-state index >= 15 is 0 Å². The third kappa shape index (κ3) is 3.15. The number of hydrogen-bond acceptors (Lipinski definition) is 4. The van der Waals surface area contributed by atoms with Crippen LogP contribution in [-0.2, 0) is 0 Å². The molecule has 6 nitrogen and oxygen atoms in total. The minimum Gasteiger partial charge on any atom is -0.267 e. The highest BCUT2D eigenvalue weighted by Crippen LogP contribution is 2.20. The van der Waals surface area contributed by atoms with Crippen molar-refractivity contribution in [2.75, 3.05) is 5.43 Å². The van der Waals surface area contributed by atoms with Crippen LogP contribution in [0.2, 0.25) is 0 Å². The molecule has 1 aromatic carbocycles. The molecule has 4 aromatic rings. The van der Waals surface area contributed by atoms with Gasteiger partial charge in [0.2, 0.25) is 0 Å². The fourth-order valence-corrected chi connectivity index (χ4v) is 2.96. The van der Waals surface area contributed by atoms with Crippen molar-refractivity contribution >= 4 is 16.8 Å². The van der Waals surface area contributed by atoms with Crippen molar-refractivity contribution in [3.8, 4) is 11.4 Å². The number of carbonyl (C=O) groups is 1. The maximum absolute atomic E-state index is 13.4. The predicted molar refractivity (Wildman–Crippen MR) is 100 cm³/mol. The third-order valence-electron chi connectivity index (χ3n) is 4.34. The molecular formula is C20H16FN5O. The van der Waals surface area contributed by atoms with E-state index in [1.54, 1.807) is 36.1 Å². The van der Waals surface area contributed by atoms with Crippen molar-refractivity contribution < 1.29 is 9.18 Å². The van der Waals surface area contributed by atoms with Gasteiger partial charge in [-0.15, -0.1) is 0 Å². The van der Waals surface area contributed by atoms with Crippen LogP contribution < -0.4 is 5.43 Å². The van der Waals surface area contributed by atoms with Gasteiger partial charge in [0, 0.05) is 29.5 Å². The van der Waals surface area contributed by atoms with Gasteiger partial charge in [0.15, 0.2) is 5.82 Å². The van der Waals surface area contributed by atoms with E-state index in [9.17, 15) is 9.18 Å². The number of aryl methyl sites for hydroxylation is 2. The van der Waals surface area contributed by atoms with E-state index in [4.69, 9.17) is 0 Å². The SMILES string of the molecule is Cc1nc(-c2cccc(F)c2)ncc1C(=O)Nn1cc(C)c2ccncc21. The molecule has 0 radical (unpaired) electrons. The van der Waals surface area contributed by atoms with Crippen LogP contribution in [0.15, 0.2) is 55.1 Å². The summed E-state index contributed by atoms with van der Waals surface area (Å²) in [6.07, 6.45) is 6.69. The second-order valence-electron chi connectivity index (χ2n) is 6.22. The van der Waals surface area contributed by atoms with Crippen molar-refractivity contribution in [2.24, 2.45) is 0 Å². The van der Waals surface area contributed by atoms with Crippen molar-refractivity contribution in [1.82, 2.24) is 19.6 Å². The fourth-order valence-electron chi connectivity index (χ4n) is 2.96. The number of hydrogen-bond donors (Lipinski definition) is 1. The molecule has 27 heavy (non-hydrogen) atoms. The Morgan fingerprint density at radius 2 is 2.04 bits per heavy atom. The van der Waals surface area contributed by atoms with E-state index in [1.165, 1.54) is 18.3 Å². The molecule has 0 aliphatic carbocycles. The number of benzene rings is 1. The maximum atomic E-state index is 13.4. The van der Waals surface area contributed by atoms with Gasteiger partial charge in [-0.3, -0.25) is 19.9 Å². The average molecular weight is 361 g/mol. The van der Waals surface area contributed by atoms with Gasteiger partial charge < -0.3 is 0 Å². The molecule has 1 amide bonds. The Morgan fingerprint density at radius 1 is 1.19 bits per heavy atom. The first-order valence-corrected chi connectivity index (χ1v) is 8.35. The average Bonchev–Trinajstić information content (AvgIpc) is 2.97. The first kappa shape index (κ1) is 16.8. The Labute approximate surface area is 154 Å². The van der Waals surface area contributed by atoms with E-state index < -0.39 is 0 Å². The molecular weight excluding hydrogens is 345 g/mol. The molecule has 0 aliphatic heterocycles. The second-order valence-corrected chi connectivity index (χ2v) is 6.22. The van der Waals surface area contributed by atoms with Crippen LogP contribution in [0.4, 0.5) is 4.39 Å². The Balaban J connectivity index is 1.64. The zero-order valence-corrected chi connectivity index (χ0v) is 14.8. The first-order chi connectivity index (χ1) is 13.0. The lowest BCUT2D eigenvalue weighted by molar-refractivity contribution is 0.101. The second kappa shape index (κ2) is 6.60. The predicted octanol–water partition coefficient (Wildman–Crippen LogP) is 3.63. The maximum Gasteiger partial charge on any atom is 0.273 e. The van der Waals surface area contributed by atoms with Crippen molar-refractivity contribution in [1.29, 1.82) is 0 Å². The van der Waals surface area contributed by atoms with Gasteiger partial charge in [-0.2, -0.15) is 0 Å². The molecule has 0 fully saturated rings. The Morgan fingerprint density at radius 3 is 2.81 bits per heavy atom. The molecule has 0 saturated heterocycles. The molecule has 0 unspecified atom stereocenters. The summed E-state index contributed by atoms with van der Waals surface area (Å²) in [6.45, 7) is 3.69. The van der Waals surface area contributed by atoms with Crippen LogP contribution in [0.5, 0.6) is 0 Å². The molecule has 134 valence electrons. The molecule has 0 atom stereocenters. The van der Waals surface area contributed by atoms with E-state index in [1.807, 2.05) is 19.2 Å². The van der Waals surface area contributed by atoms with Crippen molar-refractivity contribution in [2.45, 2.75) is 13.8 Å². The summed E-state index contributed by atoms with van der Waals surface area (Å²) in [5, 5.41) is 1.01. The minimum absolute atomic E-state index is 0.334. The molecule has 1 N–H and O–H groups in total. The monoisotopic (exact) mass is 361 g/mol. The van der Waals surface area contributed by atoms with E-state index in [2.05, 4.69) is 20.4 Å². The Hall–Kier alpha value is -3.61. The third-order valence-corrected chi connectivity index (χ3v) is 4.34. The zero-order chi connectivity index (χ0) is 19.0. The molecule has 7 heteroatoms. The van der Waals surface area contributed by atoms with Crippen molar-refractivity contribution in [3.05, 3.63) is 77.8 Å². The number of fused-ring (bicyclic) bond motifs is 1. The number of nitrogens with one attached hydrogen (secondary N) is 1. The summed E-state index contributed by atoms with van der Waals surface area (Å²) in [5.74, 6) is -0.326. The summed E-state index contributed by atoms with van der Waals surface area (Å²) in [6, 6.07) is 7.93. The van der Waals surface area contributed by atoms with Crippen LogP contribution >= 0.6 is 0 Å². The highest BCUT2D eigenvalue weighted by Gasteiger charge is 2.15. The fraction of sp³-hybridized carbons (Fsp3) is 0.100. The molecule has 3 heterocycles. The van der Waals surface area contributed by atoms with Gasteiger partial charge in [-0.1, -0.05) is 12.1 Å². The summed E-state index contributed by atoms with van der Waals surface area (Å²) in [5.41, 5.74) is 6.07. The zero-order valence-electron chi connectivity index (χ0n) is 14.8. The van der Waals surface area contributed by atoms with Gasteiger partial charge in [-0.25, -0.2) is 14.4 Å². The smallest absolute Gasteiger partial charge is 0.267 e. The van der Waals surface area contributed by atoms with Gasteiger partial charge in [-0.05, 0) is 37.6 Å². The van der Waals surface area contributed by atoms with E-state index in [-0.39, 0.29) is 11.7 Å². The Bertz CT molecular complexity index is 1170. The summed E-state index contributed by atoms with van der Waals surface area (Å²) in [4.78, 5) is 25.4. The quantitative estimate of drug-likeness (QED) is 0.605. The molecule has 0 spiro atoms. The van der Waals surface area contributed by atoms with E-state index in [0.717, 1.165) is 16.5 Å². The topological polar surface area (TPSA) is 72.7 Å². The molecule has 3 aromatic heterocycles. The molecule has 0 bridgehead atoms. The summed E-state index contributed by atoms with van der Waals surface area (Å²) >= 11 is 0. The van der Waals surface area contributed by atoms with Gasteiger partial charge in [0.1, 0.15) is 5.82 Å². The molecule has 0 aliphatic rings. The highest BCUT2D eigenvalue weighted by atomic mass is 19.1. The van der Waals surface area contributed by atoms with Gasteiger partial charge in [0.25, 0.3) is 5.91 Å². The normalized spacial score (nSPS) is 10.9. The van der Waals surface area contributed by atoms with Crippen LogP contribution in [0.25, 0.3) is 22.3 Å². The standard InChI is InChI=1S/C20H16FN5O/c1-12-11-26(18-10-22-7-6-16(12)18)25-20(27)17-9-23-19(24-13(17)2)14-4-3-5-15(21)8-14/h3-11H,1-2H3,(H,25,27). The molecule has 4 rings (SSSR count).